The quantitative estimate of drug-likeness (QED) is 0.529. The lowest BCUT2D eigenvalue weighted by atomic mass is 10.1. The zero-order valence-corrected chi connectivity index (χ0v) is 17.9. The van der Waals surface area contributed by atoms with Crippen LogP contribution in [0.15, 0.2) is 61.3 Å². The van der Waals surface area contributed by atoms with E-state index in [0.29, 0.717) is 29.5 Å². The van der Waals surface area contributed by atoms with E-state index in [0.717, 1.165) is 36.7 Å². The van der Waals surface area contributed by atoms with Crippen molar-refractivity contribution in [1.82, 2.24) is 9.97 Å². The minimum atomic E-state index is -0.610. The monoisotopic (exact) mass is 453 g/mol. The van der Waals surface area contributed by atoms with Crippen molar-refractivity contribution in [3.8, 4) is 11.3 Å². The molecule has 1 aromatic heterocycles. The van der Waals surface area contributed by atoms with Crippen LogP contribution in [0.25, 0.3) is 11.3 Å². The highest BCUT2D eigenvalue weighted by molar-refractivity contribution is 6.31. The lowest BCUT2D eigenvalue weighted by Crippen LogP contribution is -2.36. The van der Waals surface area contributed by atoms with Gasteiger partial charge in [-0.25, -0.2) is 14.4 Å². The average molecular weight is 454 g/mol. The van der Waals surface area contributed by atoms with E-state index >= 15 is 0 Å². The van der Waals surface area contributed by atoms with Crippen LogP contribution in [-0.4, -0.2) is 42.2 Å². The van der Waals surface area contributed by atoms with Gasteiger partial charge in [0.25, 0.3) is 0 Å². The van der Waals surface area contributed by atoms with E-state index in [9.17, 15) is 9.18 Å². The molecule has 1 aliphatic heterocycles. The number of hydrogen-bond donors (Lipinski definition) is 2. The molecule has 0 spiro atoms. The van der Waals surface area contributed by atoms with E-state index in [2.05, 4.69) is 32.1 Å². The minimum Gasteiger partial charge on any atom is -0.378 e. The molecular formula is C23H21ClFN5O2. The largest absolute Gasteiger partial charge is 0.378 e. The highest BCUT2D eigenvalue weighted by atomic mass is 35.5. The van der Waals surface area contributed by atoms with E-state index in [1.807, 2.05) is 24.3 Å². The van der Waals surface area contributed by atoms with Crippen molar-refractivity contribution >= 4 is 40.5 Å². The van der Waals surface area contributed by atoms with Gasteiger partial charge in [0, 0.05) is 40.7 Å². The predicted octanol–water partition coefficient (Wildman–Crippen LogP) is 4.64. The van der Waals surface area contributed by atoms with Gasteiger partial charge in [-0.3, -0.25) is 4.79 Å². The highest BCUT2D eigenvalue weighted by Crippen LogP contribution is 2.29. The minimum absolute atomic E-state index is 0.0587. The summed E-state index contributed by atoms with van der Waals surface area (Å²) in [5, 5.41) is 6.07. The molecule has 9 heteroatoms. The molecule has 4 rings (SSSR count). The number of benzene rings is 2. The molecule has 2 aromatic carbocycles. The summed E-state index contributed by atoms with van der Waals surface area (Å²) in [6.45, 7) is 6.44. The van der Waals surface area contributed by atoms with Crippen molar-refractivity contribution in [2.75, 3.05) is 41.8 Å². The number of amides is 1. The van der Waals surface area contributed by atoms with Crippen molar-refractivity contribution in [2.24, 2.45) is 0 Å². The average Bonchev–Trinajstić information content (AvgIpc) is 2.80. The van der Waals surface area contributed by atoms with Gasteiger partial charge in [0.05, 0.1) is 19.4 Å². The van der Waals surface area contributed by atoms with E-state index in [1.165, 1.54) is 0 Å². The van der Waals surface area contributed by atoms with Crippen LogP contribution in [0.1, 0.15) is 0 Å². The lowest BCUT2D eigenvalue weighted by molar-refractivity contribution is -0.111. The number of hydrogen-bond acceptors (Lipinski definition) is 6. The van der Waals surface area contributed by atoms with Gasteiger partial charge in [-0.05, 0) is 42.5 Å². The molecule has 2 heterocycles. The van der Waals surface area contributed by atoms with Crippen LogP contribution in [0, 0.1) is 5.82 Å². The van der Waals surface area contributed by atoms with Gasteiger partial charge < -0.3 is 20.3 Å². The number of carbonyl (C=O) groups excluding carboxylic acids is 1. The van der Waals surface area contributed by atoms with Gasteiger partial charge in [0.2, 0.25) is 11.9 Å². The summed E-state index contributed by atoms with van der Waals surface area (Å²) >= 11 is 6.17. The fourth-order valence-electron chi connectivity index (χ4n) is 3.35. The fourth-order valence-corrected chi connectivity index (χ4v) is 3.59. The Kier molecular flexibility index (Phi) is 6.63. The van der Waals surface area contributed by atoms with Gasteiger partial charge >= 0.3 is 0 Å². The van der Waals surface area contributed by atoms with Crippen LogP contribution in [0.4, 0.5) is 27.4 Å². The summed E-state index contributed by atoms with van der Waals surface area (Å²) in [7, 11) is 0. The van der Waals surface area contributed by atoms with Crippen molar-refractivity contribution in [3.63, 3.8) is 0 Å². The third-order valence-electron chi connectivity index (χ3n) is 4.85. The Hall–Kier alpha value is -3.49. The molecule has 0 unspecified atom stereocenters. The molecular weight excluding hydrogens is 433 g/mol. The second kappa shape index (κ2) is 9.76. The number of ether oxygens (including phenoxy) is 1. The third-order valence-corrected chi connectivity index (χ3v) is 5.07. The smallest absolute Gasteiger partial charge is 0.247 e. The van der Waals surface area contributed by atoms with Crippen LogP contribution in [0.2, 0.25) is 5.02 Å². The summed E-state index contributed by atoms with van der Waals surface area (Å²) in [6.07, 6.45) is 2.23. The maximum Gasteiger partial charge on any atom is 0.247 e. The molecule has 164 valence electrons. The van der Waals surface area contributed by atoms with Crippen LogP contribution in [0.5, 0.6) is 0 Å². The van der Waals surface area contributed by atoms with Gasteiger partial charge in [-0.2, -0.15) is 0 Å². The zero-order chi connectivity index (χ0) is 22.5. The van der Waals surface area contributed by atoms with Gasteiger partial charge in [-0.15, -0.1) is 0 Å². The van der Waals surface area contributed by atoms with Crippen molar-refractivity contribution < 1.29 is 13.9 Å². The van der Waals surface area contributed by atoms with E-state index < -0.39 is 11.7 Å². The van der Waals surface area contributed by atoms with Crippen LogP contribution < -0.4 is 15.5 Å². The van der Waals surface area contributed by atoms with Crippen molar-refractivity contribution in [2.45, 2.75) is 0 Å². The van der Waals surface area contributed by atoms with E-state index in [4.69, 9.17) is 16.3 Å². The molecule has 0 bridgehead atoms. The molecule has 0 saturated carbocycles. The Balaban J connectivity index is 1.60. The maximum atomic E-state index is 14.6. The lowest BCUT2D eigenvalue weighted by Gasteiger charge is -2.29. The van der Waals surface area contributed by atoms with E-state index in [1.54, 1.807) is 18.2 Å². The van der Waals surface area contributed by atoms with E-state index in [-0.39, 0.29) is 11.6 Å². The molecule has 3 aromatic rings. The first-order valence-corrected chi connectivity index (χ1v) is 10.4. The van der Waals surface area contributed by atoms with Gasteiger partial charge in [0.1, 0.15) is 5.69 Å². The normalized spacial score (nSPS) is 13.5. The summed E-state index contributed by atoms with van der Waals surface area (Å²) in [6, 6.07) is 12.5. The molecule has 7 nitrogen and oxygen atoms in total. The number of halogens is 2. The first-order chi connectivity index (χ1) is 15.5. The fraction of sp³-hybridized carbons (Fsp3) is 0.174. The molecule has 2 N–H and O–H groups in total. The molecule has 0 aliphatic carbocycles. The molecule has 32 heavy (non-hydrogen) atoms. The van der Waals surface area contributed by atoms with Gasteiger partial charge in [0.15, 0.2) is 5.82 Å². The maximum absolute atomic E-state index is 14.6. The number of morpholine rings is 1. The Morgan fingerprint density at radius 2 is 2.00 bits per heavy atom. The van der Waals surface area contributed by atoms with Crippen molar-refractivity contribution in [3.05, 3.63) is 72.2 Å². The summed E-state index contributed by atoms with van der Waals surface area (Å²) in [4.78, 5) is 22.2. The Bertz CT molecular complexity index is 1150. The summed E-state index contributed by atoms with van der Waals surface area (Å²) in [5.41, 5.74) is 2.70. The van der Waals surface area contributed by atoms with Crippen LogP contribution in [-0.2, 0) is 9.53 Å². The SMILES string of the molecule is C=CC(=O)Nc1cc(Cl)cc(-c2nc(Nc3cccc(N4CCOCC4)c3)ncc2F)c1. The highest BCUT2D eigenvalue weighted by Gasteiger charge is 2.14. The Morgan fingerprint density at radius 3 is 2.78 bits per heavy atom. The third kappa shape index (κ3) is 5.22. The number of anilines is 4. The molecule has 1 fully saturated rings. The predicted molar refractivity (Wildman–Crippen MR) is 124 cm³/mol. The second-order valence-corrected chi connectivity index (χ2v) is 7.52. The van der Waals surface area contributed by atoms with Crippen molar-refractivity contribution in [1.29, 1.82) is 0 Å². The molecule has 1 saturated heterocycles. The van der Waals surface area contributed by atoms with Crippen LogP contribution in [0.3, 0.4) is 0 Å². The summed E-state index contributed by atoms with van der Waals surface area (Å²) in [5.74, 6) is -0.776. The Labute approximate surface area is 189 Å². The number of rotatable bonds is 6. The Morgan fingerprint density at radius 1 is 1.19 bits per heavy atom. The second-order valence-electron chi connectivity index (χ2n) is 7.09. The molecule has 1 amide bonds. The topological polar surface area (TPSA) is 79.4 Å². The number of nitrogens with zero attached hydrogens (tertiary/aromatic N) is 3. The number of nitrogens with one attached hydrogen (secondary N) is 2. The molecule has 0 radical (unpaired) electrons. The zero-order valence-electron chi connectivity index (χ0n) is 17.1. The number of aromatic nitrogens is 2. The molecule has 0 atom stereocenters. The first kappa shape index (κ1) is 21.7. The standard InChI is InChI=1S/C23H21ClFN5O2/c1-2-21(31)27-18-11-15(10-16(24)12-18)22-20(25)14-26-23(29-22)28-17-4-3-5-19(13-17)30-6-8-32-9-7-30/h2-5,10-14H,1,6-9H2,(H,27,31)(H,26,28,29). The van der Waals surface area contributed by atoms with Gasteiger partial charge in [-0.1, -0.05) is 24.2 Å². The summed E-state index contributed by atoms with van der Waals surface area (Å²) < 4.78 is 20.0. The van der Waals surface area contributed by atoms with Crippen LogP contribution >= 0.6 is 11.6 Å². The number of carbonyl (C=O) groups is 1. The first-order valence-electron chi connectivity index (χ1n) is 9.98. The molecule has 1 aliphatic rings.